The van der Waals surface area contributed by atoms with Crippen LogP contribution < -0.4 is 10.1 Å². The molecule has 2 unspecified atom stereocenters. The molecule has 2 atom stereocenters. The lowest BCUT2D eigenvalue weighted by Gasteiger charge is -2.21. The van der Waals surface area contributed by atoms with E-state index >= 15 is 0 Å². The van der Waals surface area contributed by atoms with Crippen LogP contribution >= 0.6 is 0 Å². The first-order valence-electron chi connectivity index (χ1n) is 8.40. The van der Waals surface area contributed by atoms with Gasteiger partial charge in [0, 0.05) is 11.6 Å². The zero-order valence-corrected chi connectivity index (χ0v) is 14.6. The lowest BCUT2D eigenvalue weighted by molar-refractivity contribution is -0.127. The maximum Gasteiger partial charge on any atom is 0.393 e. The summed E-state index contributed by atoms with van der Waals surface area (Å²) in [4.78, 5) is 12.5. The maximum atomic E-state index is 12.7. The van der Waals surface area contributed by atoms with Crippen LogP contribution in [0.4, 0.5) is 18.9 Å². The second kappa shape index (κ2) is 7.02. The van der Waals surface area contributed by atoms with Crippen LogP contribution in [0.15, 0.2) is 42.5 Å². The number of amides is 1. The van der Waals surface area contributed by atoms with Crippen molar-refractivity contribution in [1.29, 1.82) is 0 Å². The summed E-state index contributed by atoms with van der Waals surface area (Å²) in [7, 11) is 1.58. The van der Waals surface area contributed by atoms with Crippen LogP contribution in [0.1, 0.15) is 29.5 Å². The molecule has 1 N–H and O–H groups in total. The Morgan fingerprint density at radius 2 is 1.85 bits per heavy atom. The van der Waals surface area contributed by atoms with Gasteiger partial charge in [0.15, 0.2) is 0 Å². The molecule has 1 aliphatic rings. The minimum absolute atomic E-state index is 0.122. The Balaban J connectivity index is 1.95. The molecule has 0 radical (unpaired) electrons. The van der Waals surface area contributed by atoms with Crippen molar-refractivity contribution in [2.24, 2.45) is 5.92 Å². The zero-order valence-electron chi connectivity index (χ0n) is 14.6. The zero-order chi connectivity index (χ0) is 18.9. The normalized spacial score (nSPS) is 20.1. The summed E-state index contributed by atoms with van der Waals surface area (Å²) in [6.07, 6.45) is -4.74. The predicted octanol–water partition coefficient (Wildman–Crippen LogP) is 4.71. The number of anilines is 1. The van der Waals surface area contributed by atoms with Gasteiger partial charge in [-0.25, -0.2) is 0 Å². The van der Waals surface area contributed by atoms with Crippen molar-refractivity contribution in [2.75, 3.05) is 12.4 Å². The van der Waals surface area contributed by atoms with Crippen LogP contribution in [0.5, 0.6) is 5.75 Å². The molecule has 138 valence electrons. The molecular weight excluding hydrogens is 343 g/mol. The van der Waals surface area contributed by atoms with E-state index in [1.165, 1.54) is 6.07 Å². The molecule has 0 aromatic heterocycles. The number of nitrogens with one attached hydrogen (secondary N) is 1. The van der Waals surface area contributed by atoms with Crippen molar-refractivity contribution >= 4 is 11.6 Å². The van der Waals surface area contributed by atoms with Crippen molar-refractivity contribution in [2.45, 2.75) is 31.9 Å². The average molecular weight is 363 g/mol. The van der Waals surface area contributed by atoms with E-state index in [1.54, 1.807) is 19.2 Å². The molecule has 6 heteroatoms. The number of carbonyl (C=O) groups excluding carboxylic acids is 1. The van der Waals surface area contributed by atoms with Gasteiger partial charge >= 0.3 is 6.18 Å². The van der Waals surface area contributed by atoms with Crippen molar-refractivity contribution in [3.05, 3.63) is 59.2 Å². The fourth-order valence-electron chi connectivity index (χ4n) is 3.38. The minimum atomic E-state index is -4.26. The Morgan fingerprint density at radius 1 is 1.15 bits per heavy atom. The van der Waals surface area contributed by atoms with Crippen molar-refractivity contribution in [3.8, 4) is 5.75 Å². The third kappa shape index (κ3) is 4.00. The topological polar surface area (TPSA) is 38.3 Å². The van der Waals surface area contributed by atoms with E-state index in [0.29, 0.717) is 17.9 Å². The van der Waals surface area contributed by atoms with E-state index in [0.717, 1.165) is 11.1 Å². The third-order valence-electron chi connectivity index (χ3n) is 4.83. The highest BCUT2D eigenvalue weighted by molar-refractivity contribution is 5.94. The van der Waals surface area contributed by atoms with Gasteiger partial charge in [0.1, 0.15) is 5.75 Å². The van der Waals surface area contributed by atoms with Gasteiger partial charge in [0.05, 0.1) is 13.5 Å². The summed E-state index contributed by atoms with van der Waals surface area (Å²) in [6.45, 7) is 1.84. The highest BCUT2D eigenvalue weighted by Gasteiger charge is 2.32. The smallest absolute Gasteiger partial charge is 0.393 e. The summed E-state index contributed by atoms with van der Waals surface area (Å²) >= 11 is 0. The fourth-order valence-corrected chi connectivity index (χ4v) is 3.38. The van der Waals surface area contributed by atoms with Gasteiger partial charge in [-0.1, -0.05) is 31.2 Å². The molecule has 1 amide bonds. The number of ether oxygens (including phenoxy) is 1. The summed E-state index contributed by atoms with van der Waals surface area (Å²) in [5.74, 6) is 0.158. The van der Waals surface area contributed by atoms with Crippen LogP contribution in [0.25, 0.3) is 0 Å². The molecule has 26 heavy (non-hydrogen) atoms. The summed E-state index contributed by atoms with van der Waals surface area (Å²) < 4.78 is 43.3. The van der Waals surface area contributed by atoms with Gasteiger partial charge in [-0.15, -0.1) is 0 Å². The first-order valence-corrected chi connectivity index (χ1v) is 8.40. The van der Waals surface area contributed by atoms with Gasteiger partial charge in [0.2, 0.25) is 5.91 Å². The lowest BCUT2D eigenvalue weighted by atomic mass is 9.82. The van der Waals surface area contributed by atoms with Gasteiger partial charge in [-0.05, 0) is 47.2 Å². The number of methoxy groups -OCH3 is 1. The summed E-state index contributed by atoms with van der Waals surface area (Å²) in [5.41, 5.74) is 2.48. The number of fused-ring (bicyclic) bond motifs is 1. The molecule has 3 nitrogen and oxygen atoms in total. The molecule has 2 aromatic carbocycles. The van der Waals surface area contributed by atoms with E-state index in [1.807, 2.05) is 31.2 Å². The molecular formula is C20H20F3NO2. The quantitative estimate of drug-likeness (QED) is 0.857. The second-order valence-corrected chi connectivity index (χ2v) is 6.65. The predicted molar refractivity (Wildman–Crippen MR) is 93.4 cm³/mol. The first-order chi connectivity index (χ1) is 12.3. The Labute approximate surface area is 150 Å². The average Bonchev–Trinajstić information content (AvgIpc) is 2.71. The minimum Gasteiger partial charge on any atom is -0.497 e. The molecule has 0 aliphatic carbocycles. The second-order valence-electron chi connectivity index (χ2n) is 6.65. The van der Waals surface area contributed by atoms with Crippen LogP contribution in [-0.2, 0) is 17.6 Å². The van der Waals surface area contributed by atoms with E-state index in [-0.39, 0.29) is 23.3 Å². The van der Waals surface area contributed by atoms with Gasteiger partial charge in [0.25, 0.3) is 0 Å². The number of alkyl halides is 3. The van der Waals surface area contributed by atoms with E-state index in [9.17, 15) is 18.0 Å². The van der Waals surface area contributed by atoms with Gasteiger partial charge in [-0.2, -0.15) is 13.2 Å². The van der Waals surface area contributed by atoms with Crippen molar-refractivity contribution in [1.82, 2.24) is 0 Å². The number of rotatable bonds is 3. The third-order valence-corrected chi connectivity index (χ3v) is 4.83. The summed E-state index contributed by atoms with van der Waals surface area (Å²) in [5, 5.41) is 2.84. The molecule has 1 aliphatic heterocycles. The SMILES string of the molecule is COc1ccc(C2Cc3cc(CC(F)(F)F)ccc3NC(=O)C2C)cc1. The highest BCUT2D eigenvalue weighted by Crippen LogP contribution is 2.36. The van der Waals surface area contributed by atoms with Gasteiger partial charge in [-0.3, -0.25) is 4.79 Å². The highest BCUT2D eigenvalue weighted by atomic mass is 19.4. The number of hydrogen-bond donors (Lipinski definition) is 1. The molecule has 0 fully saturated rings. The molecule has 1 heterocycles. The maximum absolute atomic E-state index is 12.7. The van der Waals surface area contributed by atoms with E-state index < -0.39 is 12.6 Å². The van der Waals surface area contributed by atoms with Crippen molar-refractivity contribution < 1.29 is 22.7 Å². The van der Waals surface area contributed by atoms with Crippen molar-refractivity contribution in [3.63, 3.8) is 0 Å². The van der Waals surface area contributed by atoms with E-state index in [2.05, 4.69) is 5.32 Å². The Bertz CT molecular complexity index is 800. The Morgan fingerprint density at radius 3 is 2.46 bits per heavy atom. The number of carbonyl (C=O) groups is 1. The largest absolute Gasteiger partial charge is 0.497 e. The monoisotopic (exact) mass is 363 g/mol. The lowest BCUT2D eigenvalue weighted by Crippen LogP contribution is -2.24. The standard InChI is InChI=1S/C20H20F3NO2/c1-12-17(14-4-6-16(26-2)7-5-14)10-15-9-13(11-20(21,22)23)3-8-18(15)24-19(12)25/h3-9,12,17H,10-11H2,1-2H3,(H,24,25). The van der Waals surface area contributed by atoms with Gasteiger partial charge < -0.3 is 10.1 Å². The number of hydrogen-bond acceptors (Lipinski definition) is 2. The summed E-state index contributed by atoms with van der Waals surface area (Å²) in [6, 6.07) is 12.0. The molecule has 3 rings (SSSR count). The number of halogens is 3. The van der Waals surface area contributed by atoms with Crippen LogP contribution in [0.3, 0.4) is 0 Å². The van der Waals surface area contributed by atoms with Crippen LogP contribution in [0, 0.1) is 5.92 Å². The molecule has 0 saturated heterocycles. The Hall–Kier alpha value is -2.50. The molecule has 2 aromatic rings. The molecule has 0 bridgehead atoms. The Kier molecular flexibility index (Phi) is 4.94. The first kappa shape index (κ1) is 18.3. The fraction of sp³-hybridized carbons (Fsp3) is 0.350. The molecule has 0 spiro atoms. The van der Waals surface area contributed by atoms with Crippen LogP contribution in [0.2, 0.25) is 0 Å². The van der Waals surface area contributed by atoms with Crippen LogP contribution in [-0.4, -0.2) is 19.2 Å². The molecule has 0 saturated carbocycles. The van der Waals surface area contributed by atoms with E-state index in [4.69, 9.17) is 4.74 Å². The number of benzene rings is 2.